The summed E-state index contributed by atoms with van der Waals surface area (Å²) >= 11 is 0. The largest absolute Gasteiger partial charge is 0.0885 e. The summed E-state index contributed by atoms with van der Waals surface area (Å²) in [5, 5.41) is 0. The molecule has 1 aromatic carbocycles. The van der Waals surface area contributed by atoms with E-state index in [0.717, 1.165) is 0 Å². The van der Waals surface area contributed by atoms with Crippen molar-refractivity contribution in [2.45, 2.75) is 38.5 Å². The van der Waals surface area contributed by atoms with Crippen LogP contribution < -0.4 is 0 Å². The number of aryl methyl sites for hydroxylation is 1. The lowest BCUT2D eigenvalue weighted by Gasteiger charge is -2.31. The maximum absolute atomic E-state index is 2.38. The van der Waals surface area contributed by atoms with Crippen LogP contribution in [0, 0.1) is 6.92 Å². The van der Waals surface area contributed by atoms with E-state index in [1.54, 1.807) is 0 Å². The van der Waals surface area contributed by atoms with Crippen LogP contribution in [-0.2, 0) is 5.41 Å². The summed E-state index contributed by atoms with van der Waals surface area (Å²) in [5.41, 5.74) is 3.22. The Morgan fingerprint density at radius 2 is 1.79 bits per heavy atom. The van der Waals surface area contributed by atoms with Gasteiger partial charge in [0.25, 0.3) is 0 Å². The molecule has 1 atom stereocenters. The summed E-state index contributed by atoms with van der Waals surface area (Å²) in [7, 11) is 0. The first-order valence-electron chi connectivity index (χ1n) is 5.43. The van der Waals surface area contributed by atoms with Gasteiger partial charge in [-0.15, -0.1) is 0 Å². The number of hydrogen-bond acceptors (Lipinski definition) is 0. The van der Waals surface area contributed by atoms with Crippen LogP contribution in [0.25, 0.3) is 0 Å². The van der Waals surface area contributed by atoms with Crippen LogP contribution in [0.1, 0.15) is 37.3 Å². The highest BCUT2D eigenvalue weighted by molar-refractivity contribution is 5.29. The van der Waals surface area contributed by atoms with Crippen molar-refractivity contribution in [1.82, 2.24) is 0 Å². The van der Waals surface area contributed by atoms with Crippen LogP contribution in [0.4, 0.5) is 0 Å². The van der Waals surface area contributed by atoms with Crippen LogP contribution >= 0.6 is 0 Å². The molecule has 0 N–H and O–H groups in total. The van der Waals surface area contributed by atoms with Crippen LogP contribution in [0.15, 0.2) is 36.4 Å². The van der Waals surface area contributed by atoms with Crippen molar-refractivity contribution in [2.75, 3.05) is 0 Å². The number of benzene rings is 1. The molecule has 0 amide bonds. The predicted molar refractivity (Wildman–Crippen MR) is 61.5 cm³/mol. The summed E-state index contributed by atoms with van der Waals surface area (Å²) in [4.78, 5) is 0. The molecule has 1 unspecified atom stereocenters. The average Bonchev–Trinajstić information content (AvgIpc) is 2.19. The zero-order valence-corrected chi connectivity index (χ0v) is 9.09. The van der Waals surface area contributed by atoms with Crippen molar-refractivity contribution < 1.29 is 0 Å². The van der Waals surface area contributed by atoms with Gasteiger partial charge in [0.05, 0.1) is 0 Å². The predicted octanol–water partition coefficient (Wildman–Crippen LogP) is 3.99. The molecule has 0 heterocycles. The second-order valence-corrected chi connectivity index (χ2v) is 4.64. The molecule has 2 rings (SSSR count). The highest BCUT2D eigenvalue weighted by Crippen LogP contribution is 2.35. The molecule has 0 radical (unpaired) electrons. The fourth-order valence-corrected chi connectivity index (χ4v) is 2.18. The molecule has 0 saturated carbocycles. The first-order chi connectivity index (χ1) is 6.71. The van der Waals surface area contributed by atoms with E-state index in [-0.39, 0.29) is 0 Å². The second-order valence-electron chi connectivity index (χ2n) is 4.64. The Bertz CT molecular complexity index is 332. The summed E-state index contributed by atoms with van der Waals surface area (Å²) in [6.07, 6.45) is 8.33. The van der Waals surface area contributed by atoms with Gasteiger partial charge < -0.3 is 0 Å². The van der Waals surface area contributed by atoms with Crippen molar-refractivity contribution in [1.29, 1.82) is 0 Å². The van der Waals surface area contributed by atoms with Crippen LogP contribution in [0.5, 0.6) is 0 Å². The maximum Gasteiger partial charge on any atom is -0.00379 e. The molecule has 74 valence electrons. The lowest BCUT2D eigenvalue weighted by molar-refractivity contribution is 0.428. The number of hydrogen-bond donors (Lipinski definition) is 0. The van der Waals surface area contributed by atoms with Crippen molar-refractivity contribution in [3.05, 3.63) is 47.5 Å². The summed E-state index contributed by atoms with van der Waals surface area (Å²) in [5.74, 6) is 0. The molecule has 0 spiro atoms. The Kier molecular flexibility index (Phi) is 2.45. The summed E-state index contributed by atoms with van der Waals surface area (Å²) in [6.45, 7) is 4.52. The van der Waals surface area contributed by atoms with Crippen molar-refractivity contribution >= 4 is 0 Å². The van der Waals surface area contributed by atoms with Gasteiger partial charge in [-0.1, -0.05) is 48.9 Å². The molecule has 0 heteroatoms. The molecule has 1 aromatic rings. The van der Waals surface area contributed by atoms with Gasteiger partial charge >= 0.3 is 0 Å². The fourth-order valence-electron chi connectivity index (χ4n) is 2.18. The van der Waals surface area contributed by atoms with E-state index >= 15 is 0 Å². The molecular weight excluding hydrogens is 168 g/mol. The molecule has 1 aliphatic carbocycles. The number of rotatable bonds is 1. The Labute approximate surface area is 86.7 Å². The van der Waals surface area contributed by atoms with E-state index in [1.807, 2.05) is 0 Å². The normalized spacial score (nSPS) is 26.4. The summed E-state index contributed by atoms with van der Waals surface area (Å²) in [6, 6.07) is 9.01. The molecule has 0 fully saturated rings. The highest BCUT2D eigenvalue weighted by atomic mass is 14.3. The van der Waals surface area contributed by atoms with E-state index in [0.29, 0.717) is 5.41 Å². The third kappa shape index (κ3) is 1.75. The van der Waals surface area contributed by atoms with Gasteiger partial charge in [0, 0.05) is 0 Å². The van der Waals surface area contributed by atoms with Crippen LogP contribution in [0.3, 0.4) is 0 Å². The van der Waals surface area contributed by atoms with Crippen molar-refractivity contribution in [3.8, 4) is 0 Å². The van der Waals surface area contributed by atoms with Crippen molar-refractivity contribution in [3.63, 3.8) is 0 Å². The van der Waals surface area contributed by atoms with Gasteiger partial charge in [0.15, 0.2) is 0 Å². The van der Waals surface area contributed by atoms with E-state index in [9.17, 15) is 0 Å². The van der Waals surface area contributed by atoms with Gasteiger partial charge in [-0.05, 0) is 37.2 Å². The third-order valence-corrected chi connectivity index (χ3v) is 3.35. The molecule has 0 saturated heterocycles. The lowest BCUT2D eigenvalue weighted by atomic mass is 9.73. The Morgan fingerprint density at radius 3 is 2.36 bits per heavy atom. The van der Waals surface area contributed by atoms with Gasteiger partial charge in [-0.2, -0.15) is 0 Å². The lowest BCUT2D eigenvalue weighted by Crippen LogP contribution is -2.22. The second kappa shape index (κ2) is 3.61. The molecule has 1 aliphatic rings. The minimum absolute atomic E-state index is 0.377. The van der Waals surface area contributed by atoms with E-state index in [2.05, 4.69) is 50.3 Å². The molecule has 0 aromatic heterocycles. The molecule has 0 bridgehead atoms. The molecular formula is C14H18. The fraction of sp³-hybridized carbons (Fsp3) is 0.429. The van der Waals surface area contributed by atoms with Gasteiger partial charge in [-0.3, -0.25) is 0 Å². The maximum atomic E-state index is 2.38. The highest BCUT2D eigenvalue weighted by Gasteiger charge is 2.25. The number of allylic oxidation sites excluding steroid dienone is 2. The zero-order valence-electron chi connectivity index (χ0n) is 9.09. The van der Waals surface area contributed by atoms with Gasteiger partial charge in [0.1, 0.15) is 0 Å². The minimum Gasteiger partial charge on any atom is -0.0885 e. The van der Waals surface area contributed by atoms with Gasteiger partial charge in [0.2, 0.25) is 0 Å². The first-order valence-corrected chi connectivity index (χ1v) is 5.43. The Balaban J connectivity index is 2.29. The minimum atomic E-state index is 0.377. The summed E-state index contributed by atoms with van der Waals surface area (Å²) < 4.78 is 0. The molecule has 14 heavy (non-hydrogen) atoms. The van der Waals surface area contributed by atoms with E-state index < -0.39 is 0 Å². The van der Waals surface area contributed by atoms with E-state index in [4.69, 9.17) is 0 Å². The smallest absolute Gasteiger partial charge is 0.00379 e. The quantitative estimate of drug-likeness (QED) is 0.582. The topological polar surface area (TPSA) is 0 Å². The molecule has 0 aliphatic heterocycles. The Morgan fingerprint density at radius 1 is 1.07 bits per heavy atom. The SMILES string of the molecule is Cc1ccc(C2(C)CC=CCC2)cc1. The van der Waals surface area contributed by atoms with Gasteiger partial charge in [-0.25, -0.2) is 0 Å². The van der Waals surface area contributed by atoms with Crippen LogP contribution in [-0.4, -0.2) is 0 Å². The molecule has 0 nitrogen and oxygen atoms in total. The first kappa shape index (κ1) is 9.51. The standard InChI is InChI=1S/C14H18/c1-12-6-8-13(9-7-12)14(2)10-4-3-5-11-14/h3-4,6-9H,5,10-11H2,1-2H3. The average molecular weight is 186 g/mol. The van der Waals surface area contributed by atoms with E-state index in [1.165, 1.54) is 30.4 Å². The zero-order chi connectivity index (χ0) is 10.0. The monoisotopic (exact) mass is 186 g/mol. The third-order valence-electron chi connectivity index (χ3n) is 3.35. The van der Waals surface area contributed by atoms with Crippen LogP contribution in [0.2, 0.25) is 0 Å². The Hall–Kier alpha value is -1.04. The van der Waals surface area contributed by atoms with Crippen molar-refractivity contribution in [2.24, 2.45) is 0 Å².